The second-order valence-corrected chi connectivity index (χ2v) is 9.18. The fourth-order valence-electron chi connectivity index (χ4n) is 3.00. The zero-order valence-electron chi connectivity index (χ0n) is 19.6. The number of nitrogens with one attached hydrogen (secondary N) is 2. The number of nitrogens with zero attached hydrogens (tertiary/aromatic N) is 2. The monoisotopic (exact) mass is 550 g/mol. The molecule has 10 nitrogen and oxygen atoms in total. The fourth-order valence-corrected chi connectivity index (χ4v) is 3.00. The van der Waals surface area contributed by atoms with E-state index in [-0.39, 0.29) is 17.9 Å². The van der Waals surface area contributed by atoms with E-state index in [1.54, 1.807) is 48.7 Å². The standard InChI is InChI=1S/C23H17F3N4O3.CH4O3S/c24-23(25,26)15-4-6-16(7-5-15)28-22(32)29-17-8-10-19(11-9-17)33-14-18-13-21(31)30-12-2-1-3-20(30)27-18;1-5(2,3)4/h1-13H,14H2,(H2,28,29,32);1H3,(H,2,3,4). The van der Waals surface area contributed by atoms with Crippen molar-refractivity contribution in [1.29, 1.82) is 0 Å². The summed E-state index contributed by atoms with van der Waals surface area (Å²) in [5.41, 5.74) is 0.658. The predicted molar refractivity (Wildman–Crippen MR) is 134 cm³/mol. The maximum absolute atomic E-state index is 12.6. The van der Waals surface area contributed by atoms with Crippen molar-refractivity contribution in [3.8, 4) is 5.75 Å². The van der Waals surface area contributed by atoms with Crippen molar-refractivity contribution in [2.24, 2.45) is 0 Å². The number of benzene rings is 2. The molecule has 200 valence electrons. The van der Waals surface area contributed by atoms with Crippen LogP contribution in [0, 0.1) is 0 Å². The first-order valence-electron chi connectivity index (χ1n) is 10.7. The van der Waals surface area contributed by atoms with E-state index in [2.05, 4.69) is 15.6 Å². The highest BCUT2D eigenvalue weighted by Crippen LogP contribution is 2.29. The highest BCUT2D eigenvalue weighted by atomic mass is 32.2. The number of ether oxygens (including phenoxy) is 1. The van der Waals surface area contributed by atoms with Crippen molar-refractivity contribution in [3.05, 3.63) is 101 Å². The SMILES string of the molecule is CS(=O)(=O)O.O=C(Nc1ccc(OCc2cc(=O)n3ccccc3n2)cc1)Nc1ccc(C(F)(F)F)cc1. The molecule has 0 bridgehead atoms. The van der Waals surface area contributed by atoms with Crippen LogP contribution >= 0.6 is 0 Å². The Kier molecular flexibility index (Phi) is 8.70. The van der Waals surface area contributed by atoms with E-state index in [0.29, 0.717) is 29.0 Å². The second-order valence-electron chi connectivity index (χ2n) is 7.71. The van der Waals surface area contributed by atoms with Crippen molar-refractivity contribution in [3.63, 3.8) is 0 Å². The van der Waals surface area contributed by atoms with Crippen LogP contribution in [-0.2, 0) is 22.9 Å². The Bertz CT molecular complexity index is 1560. The minimum Gasteiger partial charge on any atom is -0.487 e. The van der Waals surface area contributed by atoms with E-state index in [9.17, 15) is 31.2 Å². The molecule has 4 aromatic rings. The first-order chi connectivity index (χ1) is 17.8. The Morgan fingerprint density at radius 3 is 2.11 bits per heavy atom. The first kappa shape index (κ1) is 28.1. The normalized spacial score (nSPS) is 11.3. The van der Waals surface area contributed by atoms with Crippen LogP contribution in [0.4, 0.5) is 29.3 Å². The molecule has 0 aliphatic carbocycles. The van der Waals surface area contributed by atoms with Crippen molar-refractivity contribution < 1.29 is 35.7 Å². The van der Waals surface area contributed by atoms with Gasteiger partial charge in [-0.2, -0.15) is 21.6 Å². The lowest BCUT2D eigenvalue weighted by Crippen LogP contribution is -2.19. The molecule has 0 aliphatic heterocycles. The van der Waals surface area contributed by atoms with Crippen LogP contribution in [0.1, 0.15) is 11.3 Å². The summed E-state index contributed by atoms with van der Waals surface area (Å²) in [4.78, 5) is 28.6. The van der Waals surface area contributed by atoms with Crippen LogP contribution in [0.25, 0.3) is 5.65 Å². The topological polar surface area (TPSA) is 139 Å². The lowest BCUT2D eigenvalue weighted by molar-refractivity contribution is -0.137. The van der Waals surface area contributed by atoms with Crippen molar-refractivity contribution in [1.82, 2.24) is 9.38 Å². The van der Waals surface area contributed by atoms with Gasteiger partial charge in [0.1, 0.15) is 18.0 Å². The molecule has 3 N–H and O–H groups in total. The molecule has 0 saturated heterocycles. The number of anilines is 2. The Hall–Kier alpha value is -4.43. The van der Waals surface area contributed by atoms with E-state index in [0.717, 1.165) is 12.1 Å². The smallest absolute Gasteiger partial charge is 0.416 e. The lowest BCUT2D eigenvalue weighted by atomic mass is 10.2. The van der Waals surface area contributed by atoms with Gasteiger partial charge in [-0.1, -0.05) is 6.07 Å². The number of pyridine rings is 1. The van der Waals surface area contributed by atoms with Crippen LogP contribution in [0.15, 0.2) is 83.8 Å². The van der Waals surface area contributed by atoms with Gasteiger partial charge in [-0.3, -0.25) is 13.7 Å². The molecule has 2 aromatic heterocycles. The number of carbonyl (C=O) groups is 1. The fraction of sp³-hybridized carbons (Fsp3) is 0.125. The quantitative estimate of drug-likeness (QED) is 0.312. The van der Waals surface area contributed by atoms with Crippen LogP contribution in [-0.4, -0.2) is 34.6 Å². The molecule has 0 saturated carbocycles. The number of fused-ring (bicyclic) bond motifs is 1. The number of carbonyl (C=O) groups excluding carboxylic acids is 1. The largest absolute Gasteiger partial charge is 0.487 e. The Labute approximate surface area is 214 Å². The number of halogens is 3. The zero-order chi connectivity index (χ0) is 27.9. The molecular formula is C24H21F3N4O6S. The van der Waals surface area contributed by atoms with Gasteiger partial charge >= 0.3 is 12.2 Å². The summed E-state index contributed by atoms with van der Waals surface area (Å²) in [5.74, 6) is 0.499. The van der Waals surface area contributed by atoms with Gasteiger partial charge in [-0.05, 0) is 60.7 Å². The molecule has 0 unspecified atom stereocenters. The molecule has 38 heavy (non-hydrogen) atoms. The third kappa shape index (κ3) is 8.90. The lowest BCUT2D eigenvalue weighted by Gasteiger charge is -2.11. The van der Waals surface area contributed by atoms with Crippen LogP contribution in [0.5, 0.6) is 5.75 Å². The average molecular weight is 551 g/mol. The third-order valence-electron chi connectivity index (χ3n) is 4.59. The summed E-state index contributed by atoms with van der Waals surface area (Å²) in [7, 11) is -3.67. The van der Waals surface area contributed by atoms with Gasteiger partial charge in [0.15, 0.2) is 0 Å². The maximum atomic E-state index is 12.6. The average Bonchev–Trinajstić information content (AvgIpc) is 2.82. The molecule has 0 aliphatic rings. The van der Waals surface area contributed by atoms with Crippen LogP contribution in [0.2, 0.25) is 0 Å². The highest BCUT2D eigenvalue weighted by Gasteiger charge is 2.29. The second kappa shape index (κ2) is 11.7. The third-order valence-corrected chi connectivity index (χ3v) is 4.59. The Morgan fingerprint density at radius 1 is 1.00 bits per heavy atom. The summed E-state index contributed by atoms with van der Waals surface area (Å²) < 4.78 is 70.8. The predicted octanol–water partition coefficient (Wildman–Crippen LogP) is 4.44. The molecule has 14 heteroatoms. The van der Waals surface area contributed by atoms with E-state index >= 15 is 0 Å². The van der Waals surface area contributed by atoms with Gasteiger partial charge in [0, 0.05) is 23.6 Å². The summed E-state index contributed by atoms with van der Waals surface area (Å²) in [6, 6.07) is 16.6. The zero-order valence-corrected chi connectivity index (χ0v) is 20.5. The number of urea groups is 1. The summed E-state index contributed by atoms with van der Waals surface area (Å²) in [6.07, 6.45) is -2.09. The van der Waals surface area contributed by atoms with Gasteiger partial charge in [-0.15, -0.1) is 0 Å². The molecular weight excluding hydrogens is 529 g/mol. The molecule has 2 aromatic carbocycles. The van der Waals surface area contributed by atoms with Gasteiger partial charge in [0.2, 0.25) is 0 Å². The van der Waals surface area contributed by atoms with E-state index < -0.39 is 27.9 Å². The first-order valence-corrected chi connectivity index (χ1v) is 12.5. The molecule has 0 fully saturated rings. The van der Waals surface area contributed by atoms with E-state index in [1.807, 2.05) is 0 Å². The Morgan fingerprint density at radius 2 is 1.55 bits per heavy atom. The number of hydrogen-bond donors (Lipinski definition) is 3. The number of rotatable bonds is 5. The number of hydrogen-bond acceptors (Lipinski definition) is 6. The molecule has 2 amide bonds. The number of alkyl halides is 3. The minimum atomic E-state index is -4.44. The van der Waals surface area contributed by atoms with Gasteiger partial charge in [0.05, 0.1) is 17.5 Å². The van der Waals surface area contributed by atoms with Crippen molar-refractivity contribution >= 4 is 33.2 Å². The van der Waals surface area contributed by atoms with Crippen LogP contribution < -0.4 is 20.9 Å². The van der Waals surface area contributed by atoms with Crippen molar-refractivity contribution in [2.45, 2.75) is 12.8 Å². The molecule has 4 rings (SSSR count). The number of aromatic nitrogens is 2. The Balaban J connectivity index is 0.000000732. The minimum absolute atomic E-state index is 0.0851. The van der Waals surface area contributed by atoms with Crippen molar-refractivity contribution in [2.75, 3.05) is 16.9 Å². The summed E-state index contributed by atoms with van der Waals surface area (Å²) in [6.45, 7) is 0.0851. The van der Waals surface area contributed by atoms with Gasteiger partial charge in [-0.25, -0.2) is 9.78 Å². The highest BCUT2D eigenvalue weighted by molar-refractivity contribution is 7.85. The van der Waals surface area contributed by atoms with Gasteiger partial charge < -0.3 is 15.4 Å². The molecule has 2 heterocycles. The maximum Gasteiger partial charge on any atom is 0.416 e. The molecule has 0 radical (unpaired) electrons. The molecule has 0 atom stereocenters. The summed E-state index contributed by atoms with van der Waals surface area (Å²) >= 11 is 0. The number of amides is 2. The van der Waals surface area contributed by atoms with E-state index in [4.69, 9.17) is 9.29 Å². The van der Waals surface area contributed by atoms with Gasteiger partial charge in [0.25, 0.3) is 15.7 Å². The summed E-state index contributed by atoms with van der Waals surface area (Å²) in [5, 5.41) is 5.04. The van der Waals surface area contributed by atoms with E-state index in [1.165, 1.54) is 22.6 Å². The molecule has 0 spiro atoms. The van der Waals surface area contributed by atoms with Crippen LogP contribution in [0.3, 0.4) is 0 Å².